The lowest BCUT2D eigenvalue weighted by Crippen LogP contribution is -2.22. The molecule has 1 N–H and O–H groups in total. The van der Waals surface area contributed by atoms with Gasteiger partial charge in [-0.1, -0.05) is 36.8 Å². The van der Waals surface area contributed by atoms with Crippen LogP contribution in [0.3, 0.4) is 0 Å². The molecule has 0 saturated heterocycles. The van der Waals surface area contributed by atoms with Gasteiger partial charge in [-0.25, -0.2) is 20.6 Å². The number of carbonyl (C=O) groups excluding carboxylic acids is 1. The Balaban J connectivity index is 1.71. The summed E-state index contributed by atoms with van der Waals surface area (Å²) in [6.07, 6.45) is 1.44. The van der Waals surface area contributed by atoms with Crippen molar-refractivity contribution in [2.75, 3.05) is 16.9 Å². The Morgan fingerprint density at radius 1 is 1.17 bits per heavy atom. The van der Waals surface area contributed by atoms with E-state index in [2.05, 4.69) is 15.0 Å². The number of hydrogen-bond donors (Lipinski definition) is 1. The Morgan fingerprint density at radius 3 is 2.66 bits per heavy atom. The predicted octanol–water partition coefficient (Wildman–Crippen LogP) is 5.57. The molecule has 29 heavy (non-hydrogen) atoms. The molecule has 6 nitrogen and oxygen atoms in total. The van der Waals surface area contributed by atoms with Crippen molar-refractivity contribution in [3.8, 4) is 0 Å². The van der Waals surface area contributed by atoms with Gasteiger partial charge in [0.1, 0.15) is 12.4 Å². The number of benzene rings is 2. The molecule has 0 unspecified atom stereocenters. The third-order valence-corrected chi connectivity index (χ3v) is 4.55. The van der Waals surface area contributed by atoms with Crippen molar-refractivity contribution in [1.29, 1.82) is 0 Å². The van der Waals surface area contributed by atoms with E-state index in [-0.39, 0.29) is 19.0 Å². The first-order valence-corrected chi connectivity index (χ1v) is 9.10. The molecule has 2 aromatic carbocycles. The SMILES string of the molecule is [C-]#[N+]CN(C1=C([N+]#[C-])CCC1)c1ccc(NC(=O)OCc2ccccc2)c(F)c1. The fourth-order valence-electron chi connectivity index (χ4n) is 3.16. The van der Waals surface area contributed by atoms with E-state index in [0.717, 1.165) is 17.7 Å². The molecule has 0 bridgehead atoms. The third kappa shape index (κ3) is 4.91. The molecule has 0 heterocycles. The highest BCUT2D eigenvalue weighted by Gasteiger charge is 2.24. The van der Waals surface area contributed by atoms with E-state index in [4.69, 9.17) is 17.9 Å². The molecule has 7 heteroatoms. The summed E-state index contributed by atoms with van der Waals surface area (Å²) in [5.74, 6) is -0.642. The number of hydrogen-bond acceptors (Lipinski definition) is 3. The van der Waals surface area contributed by atoms with Gasteiger partial charge in [-0.2, -0.15) is 0 Å². The zero-order chi connectivity index (χ0) is 20.6. The van der Waals surface area contributed by atoms with E-state index in [0.29, 0.717) is 24.2 Å². The highest BCUT2D eigenvalue weighted by Crippen LogP contribution is 2.34. The maximum absolute atomic E-state index is 14.6. The first-order valence-electron chi connectivity index (χ1n) is 9.10. The molecular formula is C22H19FN4O2. The molecule has 1 aliphatic carbocycles. The summed E-state index contributed by atoms with van der Waals surface area (Å²) in [6.45, 7) is 14.6. The van der Waals surface area contributed by atoms with Crippen LogP contribution in [-0.4, -0.2) is 12.8 Å². The molecule has 3 rings (SSSR count). The molecule has 2 aromatic rings. The van der Waals surface area contributed by atoms with Crippen LogP contribution in [0.25, 0.3) is 9.69 Å². The summed E-state index contributed by atoms with van der Waals surface area (Å²) >= 11 is 0. The van der Waals surface area contributed by atoms with Crippen molar-refractivity contribution < 1.29 is 13.9 Å². The van der Waals surface area contributed by atoms with Crippen LogP contribution >= 0.6 is 0 Å². The van der Waals surface area contributed by atoms with Crippen molar-refractivity contribution in [2.45, 2.75) is 25.9 Å². The van der Waals surface area contributed by atoms with Gasteiger partial charge in [0.05, 0.1) is 12.3 Å². The minimum absolute atomic E-state index is 0.000312. The van der Waals surface area contributed by atoms with Gasteiger partial charge in [-0.3, -0.25) is 15.1 Å². The molecule has 0 fully saturated rings. The molecule has 0 saturated carbocycles. The average molecular weight is 390 g/mol. The van der Waals surface area contributed by atoms with Gasteiger partial charge in [0.15, 0.2) is 5.70 Å². The maximum atomic E-state index is 14.6. The number of carbonyl (C=O) groups is 1. The van der Waals surface area contributed by atoms with Crippen molar-refractivity contribution in [1.82, 2.24) is 0 Å². The summed E-state index contributed by atoms with van der Waals surface area (Å²) < 4.78 is 19.7. The second kappa shape index (κ2) is 9.38. The van der Waals surface area contributed by atoms with Gasteiger partial charge < -0.3 is 4.74 Å². The van der Waals surface area contributed by atoms with E-state index in [1.54, 1.807) is 11.0 Å². The summed E-state index contributed by atoms with van der Waals surface area (Å²) in [4.78, 5) is 20.6. The van der Waals surface area contributed by atoms with Crippen LogP contribution in [0.5, 0.6) is 0 Å². The topological polar surface area (TPSA) is 50.3 Å². The normalized spacial score (nSPS) is 12.8. The lowest BCUT2D eigenvalue weighted by Gasteiger charge is -2.22. The maximum Gasteiger partial charge on any atom is 0.412 e. The monoisotopic (exact) mass is 390 g/mol. The number of anilines is 2. The van der Waals surface area contributed by atoms with Crippen molar-refractivity contribution in [3.05, 3.63) is 94.1 Å². The molecule has 0 aliphatic heterocycles. The molecule has 1 amide bonds. The molecule has 0 radical (unpaired) electrons. The first kappa shape index (κ1) is 19.9. The molecular weight excluding hydrogens is 371 g/mol. The first-order chi connectivity index (χ1) is 14.1. The van der Waals surface area contributed by atoms with E-state index in [1.807, 2.05) is 30.3 Å². The standard InChI is InChI=1S/C22H19FN4O2/c1-24-15-27(21-10-6-9-20(21)25-2)17-11-12-19(18(23)13-17)26-22(28)29-14-16-7-4-3-5-8-16/h3-5,7-8,11-13H,6,9-10,14-15H2,(H,26,28). The Morgan fingerprint density at radius 2 is 1.97 bits per heavy atom. The largest absolute Gasteiger partial charge is 0.444 e. The number of halogens is 1. The van der Waals surface area contributed by atoms with Gasteiger partial charge in [-0.05, 0) is 36.6 Å². The minimum Gasteiger partial charge on any atom is -0.444 e. The van der Waals surface area contributed by atoms with E-state index >= 15 is 0 Å². The van der Waals surface area contributed by atoms with E-state index in [9.17, 15) is 9.18 Å². The molecule has 1 aliphatic rings. The number of nitrogens with one attached hydrogen (secondary N) is 1. The molecule has 0 atom stereocenters. The Kier molecular flexibility index (Phi) is 6.44. The van der Waals surface area contributed by atoms with Crippen LogP contribution in [0.15, 0.2) is 59.9 Å². The van der Waals surface area contributed by atoms with Crippen LogP contribution in [-0.2, 0) is 11.3 Å². The van der Waals surface area contributed by atoms with Crippen LogP contribution in [0, 0.1) is 19.0 Å². The number of rotatable bonds is 6. The number of ether oxygens (including phenoxy) is 1. The lowest BCUT2D eigenvalue weighted by atomic mass is 10.2. The molecule has 0 spiro atoms. The fourth-order valence-corrected chi connectivity index (χ4v) is 3.16. The highest BCUT2D eigenvalue weighted by molar-refractivity contribution is 5.85. The van der Waals surface area contributed by atoms with E-state index < -0.39 is 11.9 Å². The lowest BCUT2D eigenvalue weighted by molar-refractivity contribution is 0.155. The van der Waals surface area contributed by atoms with Gasteiger partial charge in [0, 0.05) is 11.4 Å². The Bertz CT molecular complexity index is 1010. The summed E-state index contributed by atoms with van der Waals surface area (Å²) in [5, 5.41) is 2.39. The third-order valence-electron chi connectivity index (χ3n) is 4.55. The van der Waals surface area contributed by atoms with Gasteiger partial charge in [0.2, 0.25) is 0 Å². The smallest absolute Gasteiger partial charge is 0.412 e. The van der Waals surface area contributed by atoms with E-state index in [1.165, 1.54) is 12.1 Å². The summed E-state index contributed by atoms with van der Waals surface area (Å²) in [5.41, 5.74) is 2.66. The Hall–Kier alpha value is -3.84. The fraction of sp³-hybridized carbons (Fsp3) is 0.227. The van der Waals surface area contributed by atoms with Crippen LogP contribution in [0.2, 0.25) is 0 Å². The van der Waals surface area contributed by atoms with Gasteiger partial charge >= 0.3 is 6.09 Å². The number of allylic oxidation sites excluding steroid dienone is 2. The zero-order valence-corrected chi connectivity index (χ0v) is 15.7. The molecule has 0 aromatic heterocycles. The summed E-state index contributed by atoms with van der Waals surface area (Å²) in [7, 11) is 0. The zero-order valence-electron chi connectivity index (χ0n) is 15.7. The Labute approximate surface area is 168 Å². The number of nitrogens with zero attached hydrogens (tertiary/aromatic N) is 3. The second-order valence-electron chi connectivity index (χ2n) is 6.44. The van der Waals surface area contributed by atoms with Gasteiger partial charge in [0.25, 0.3) is 6.67 Å². The molecule has 146 valence electrons. The van der Waals surface area contributed by atoms with Crippen LogP contribution < -0.4 is 10.2 Å². The predicted molar refractivity (Wildman–Crippen MR) is 108 cm³/mol. The van der Waals surface area contributed by atoms with Crippen LogP contribution in [0.4, 0.5) is 20.6 Å². The van der Waals surface area contributed by atoms with Crippen molar-refractivity contribution in [3.63, 3.8) is 0 Å². The quantitative estimate of drug-likeness (QED) is 0.656. The average Bonchev–Trinajstić information content (AvgIpc) is 3.21. The second-order valence-corrected chi connectivity index (χ2v) is 6.44. The summed E-state index contributed by atoms with van der Waals surface area (Å²) in [6, 6.07) is 13.5. The van der Waals surface area contributed by atoms with Crippen LogP contribution in [0.1, 0.15) is 24.8 Å². The minimum atomic E-state index is -0.757. The van der Waals surface area contributed by atoms with Gasteiger partial charge in [-0.15, -0.1) is 0 Å². The number of amides is 1. The van der Waals surface area contributed by atoms with Crippen molar-refractivity contribution >= 4 is 17.5 Å². The highest BCUT2D eigenvalue weighted by atomic mass is 19.1. The van der Waals surface area contributed by atoms with Crippen molar-refractivity contribution in [2.24, 2.45) is 0 Å².